The van der Waals surface area contributed by atoms with Crippen molar-refractivity contribution in [2.45, 2.75) is 33.1 Å². The summed E-state index contributed by atoms with van der Waals surface area (Å²) in [6, 6.07) is 9.94. The predicted molar refractivity (Wildman–Crippen MR) is 108 cm³/mol. The van der Waals surface area contributed by atoms with Crippen molar-refractivity contribution in [2.75, 3.05) is 24.2 Å². The molecule has 0 aliphatic heterocycles. The lowest BCUT2D eigenvalue weighted by atomic mass is 9.91. The van der Waals surface area contributed by atoms with Gasteiger partial charge in [0.2, 0.25) is 5.91 Å². The zero-order valence-electron chi connectivity index (χ0n) is 14.4. The molecule has 0 heterocycles. The highest BCUT2D eigenvalue weighted by molar-refractivity contribution is 7.81. The fourth-order valence-corrected chi connectivity index (χ4v) is 3.52. The highest BCUT2D eigenvalue weighted by Gasteiger charge is 2.59. The summed E-state index contributed by atoms with van der Waals surface area (Å²) in [5.74, 6) is 0.256. The fraction of sp³-hybridized carbons (Fsp3) is 0.556. The smallest absolute Gasteiger partial charge is 0.229 e. The van der Waals surface area contributed by atoms with Crippen molar-refractivity contribution < 1.29 is 4.79 Å². The zero-order chi connectivity index (χ0) is 17.6. The third kappa shape index (κ3) is 5.11. The van der Waals surface area contributed by atoms with Gasteiger partial charge in [0.25, 0.3) is 0 Å². The van der Waals surface area contributed by atoms with Gasteiger partial charge in [-0.1, -0.05) is 32.0 Å². The average molecular weight is 366 g/mol. The van der Waals surface area contributed by atoms with Crippen LogP contribution in [0.2, 0.25) is 0 Å². The van der Waals surface area contributed by atoms with E-state index in [0.29, 0.717) is 10.5 Å². The molecule has 1 amide bonds. The summed E-state index contributed by atoms with van der Waals surface area (Å²) in [7, 11) is 0. The minimum absolute atomic E-state index is 0.000969. The van der Waals surface area contributed by atoms with Gasteiger partial charge >= 0.3 is 0 Å². The van der Waals surface area contributed by atoms with E-state index in [0.717, 1.165) is 31.6 Å². The van der Waals surface area contributed by atoms with Gasteiger partial charge in [0.05, 0.1) is 5.75 Å². The van der Waals surface area contributed by atoms with Crippen LogP contribution in [0, 0.1) is 10.8 Å². The first kappa shape index (κ1) is 19.1. The Bertz CT molecular complexity index is 581. The number of rotatable bonds is 8. The van der Waals surface area contributed by atoms with Crippen molar-refractivity contribution in [1.82, 2.24) is 10.6 Å². The molecule has 24 heavy (non-hydrogen) atoms. The van der Waals surface area contributed by atoms with Gasteiger partial charge in [0, 0.05) is 18.8 Å². The molecule has 2 rings (SSSR count). The first-order valence-corrected chi connectivity index (χ1v) is 9.40. The Morgan fingerprint density at radius 2 is 1.92 bits per heavy atom. The lowest BCUT2D eigenvalue weighted by Crippen LogP contribution is -2.34. The van der Waals surface area contributed by atoms with E-state index in [-0.39, 0.29) is 17.1 Å². The van der Waals surface area contributed by atoms with Gasteiger partial charge in [0.15, 0.2) is 5.11 Å². The number of nitrogens with one attached hydrogen (secondary N) is 3. The maximum absolute atomic E-state index is 11.2. The number of benzene rings is 1. The minimum Gasteiger partial charge on any atom is -0.362 e. The predicted octanol–water partition coefficient (Wildman–Crippen LogP) is 3.22. The zero-order valence-corrected chi connectivity index (χ0v) is 16.1. The van der Waals surface area contributed by atoms with Crippen LogP contribution < -0.4 is 16.0 Å². The number of para-hydroxylation sites is 1. The molecule has 1 aromatic carbocycles. The highest BCUT2D eigenvalue weighted by Crippen LogP contribution is 2.65. The molecule has 6 heteroatoms. The van der Waals surface area contributed by atoms with Crippen LogP contribution in [0.1, 0.15) is 33.1 Å². The molecule has 0 spiro atoms. The molecular weight excluding hydrogens is 338 g/mol. The molecule has 0 saturated heterocycles. The van der Waals surface area contributed by atoms with Crippen molar-refractivity contribution in [2.24, 2.45) is 10.8 Å². The van der Waals surface area contributed by atoms with E-state index in [4.69, 9.17) is 12.2 Å². The second-order valence-electron chi connectivity index (χ2n) is 7.08. The van der Waals surface area contributed by atoms with Crippen LogP contribution in [0.15, 0.2) is 30.3 Å². The number of carbonyl (C=O) groups is 1. The molecule has 0 bridgehead atoms. The Morgan fingerprint density at radius 3 is 2.58 bits per heavy atom. The molecule has 2 unspecified atom stereocenters. The molecule has 1 aromatic rings. The number of hydrogen-bond donors (Lipinski definition) is 4. The van der Waals surface area contributed by atoms with Crippen molar-refractivity contribution in [3.8, 4) is 0 Å². The summed E-state index contributed by atoms with van der Waals surface area (Å²) in [6.07, 6.45) is 3.29. The van der Waals surface area contributed by atoms with Crippen LogP contribution in [0.5, 0.6) is 0 Å². The molecule has 0 aromatic heterocycles. The maximum Gasteiger partial charge on any atom is 0.229 e. The first-order chi connectivity index (χ1) is 11.4. The van der Waals surface area contributed by atoms with Crippen LogP contribution in [-0.2, 0) is 4.79 Å². The topological polar surface area (TPSA) is 53.2 Å². The second kappa shape index (κ2) is 8.21. The molecule has 1 saturated carbocycles. The molecule has 0 radical (unpaired) electrons. The summed E-state index contributed by atoms with van der Waals surface area (Å²) in [6.45, 7) is 6.22. The van der Waals surface area contributed by atoms with Gasteiger partial charge in [-0.3, -0.25) is 4.79 Å². The summed E-state index contributed by atoms with van der Waals surface area (Å²) < 4.78 is 0. The normalized spacial score (nSPS) is 25.0. The van der Waals surface area contributed by atoms with Gasteiger partial charge in [-0.2, -0.15) is 12.6 Å². The summed E-state index contributed by atoms with van der Waals surface area (Å²) in [5, 5.41) is 10.1. The number of thiocarbonyl (C=S) groups is 1. The van der Waals surface area contributed by atoms with Crippen LogP contribution in [0.4, 0.5) is 5.69 Å². The molecule has 4 nitrogen and oxygen atoms in total. The largest absolute Gasteiger partial charge is 0.362 e. The first-order valence-electron chi connectivity index (χ1n) is 8.36. The van der Waals surface area contributed by atoms with Gasteiger partial charge in [-0.15, -0.1) is 0 Å². The molecule has 2 atom stereocenters. The second-order valence-corrected chi connectivity index (χ2v) is 7.81. The van der Waals surface area contributed by atoms with Crippen molar-refractivity contribution in [1.29, 1.82) is 0 Å². The number of carbonyl (C=O) groups excluding carboxylic acids is 1. The highest BCUT2D eigenvalue weighted by atomic mass is 32.1. The number of thiol groups is 1. The van der Waals surface area contributed by atoms with E-state index in [2.05, 4.69) is 42.4 Å². The van der Waals surface area contributed by atoms with Crippen LogP contribution in [0.3, 0.4) is 0 Å². The Morgan fingerprint density at radius 1 is 1.21 bits per heavy atom. The van der Waals surface area contributed by atoms with Gasteiger partial charge < -0.3 is 16.0 Å². The van der Waals surface area contributed by atoms with E-state index in [1.54, 1.807) is 0 Å². The van der Waals surface area contributed by atoms with Crippen molar-refractivity contribution in [3.05, 3.63) is 30.3 Å². The van der Waals surface area contributed by atoms with Crippen molar-refractivity contribution >= 4 is 41.6 Å². The maximum atomic E-state index is 11.2. The molecular formula is C18H27N3OS2. The Hall–Kier alpha value is -1.27. The van der Waals surface area contributed by atoms with E-state index in [9.17, 15) is 4.79 Å². The quantitative estimate of drug-likeness (QED) is 0.325. The number of hydrogen-bond acceptors (Lipinski definition) is 3. The molecule has 1 aliphatic carbocycles. The average Bonchev–Trinajstić information content (AvgIpc) is 3.12. The Balaban J connectivity index is 1.69. The Labute approximate surface area is 155 Å². The molecule has 1 fully saturated rings. The minimum atomic E-state index is 0.000969. The van der Waals surface area contributed by atoms with E-state index in [1.807, 2.05) is 30.3 Å². The van der Waals surface area contributed by atoms with E-state index < -0.39 is 0 Å². The number of amides is 1. The summed E-state index contributed by atoms with van der Waals surface area (Å²) in [5.41, 5.74) is 1.57. The van der Waals surface area contributed by atoms with Gasteiger partial charge in [0.1, 0.15) is 0 Å². The van der Waals surface area contributed by atoms with E-state index in [1.165, 1.54) is 6.42 Å². The molecule has 132 valence electrons. The van der Waals surface area contributed by atoms with Crippen molar-refractivity contribution in [3.63, 3.8) is 0 Å². The Kier molecular flexibility index (Phi) is 6.52. The fourth-order valence-electron chi connectivity index (χ4n) is 3.22. The van der Waals surface area contributed by atoms with Crippen LogP contribution >= 0.6 is 24.8 Å². The standard InChI is InChI=1S/C18H27N3OS2/c1-17(9-6-10-19-15(22)11-23)12-18(17,2)13-20-16(24)21-14-7-4-3-5-8-14/h3-5,7-8,23H,6,9-13H2,1-2H3,(H,19,22)(H2,20,21,24). The lowest BCUT2D eigenvalue weighted by molar-refractivity contribution is -0.118. The third-order valence-corrected chi connectivity index (χ3v) is 5.69. The summed E-state index contributed by atoms with van der Waals surface area (Å²) in [4.78, 5) is 11.2. The number of anilines is 1. The molecule has 1 aliphatic rings. The third-order valence-electron chi connectivity index (χ3n) is 5.15. The van der Waals surface area contributed by atoms with Crippen LogP contribution in [-0.4, -0.2) is 29.9 Å². The summed E-state index contributed by atoms with van der Waals surface area (Å²) >= 11 is 9.34. The van der Waals surface area contributed by atoms with E-state index >= 15 is 0 Å². The lowest BCUT2D eigenvalue weighted by Gasteiger charge is -2.20. The molecule has 3 N–H and O–H groups in total. The van der Waals surface area contributed by atoms with Gasteiger partial charge in [-0.25, -0.2) is 0 Å². The van der Waals surface area contributed by atoms with Gasteiger partial charge in [-0.05, 0) is 54.4 Å². The van der Waals surface area contributed by atoms with Crippen LogP contribution in [0.25, 0.3) is 0 Å². The monoisotopic (exact) mass is 365 g/mol. The SMILES string of the molecule is CC1(CCCNC(=O)CS)CC1(C)CNC(=S)Nc1ccccc1.